The Kier molecular flexibility index (Phi) is 15.7. The third kappa shape index (κ3) is 9.73. The molecule has 0 radical (unpaired) electrons. The van der Waals surface area contributed by atoms with Crippen LogP contribution in [0.5, 0.6) is 5.75 Å². The van der Waals surface area contributed by atoms with Crippen molar-refractivity contribution >= 4 is 35.9 Å². The lowest BCUT2D eigenvalue weighted by Gasteiger charge is -2.13. The van der Waals surface area contributed by atoms with E-state index in [1.807, 2.05) is 6.07 Å². The first-order valence-electron chi connectivity index (χ1n) is 8.67. The van der Waals surface area contributed by atoms with Crippen LogP contribution < -0.4 is 10.1 Å². The Morgan fingerprint density at radius 1 is 1.13 bits per heavy atom. The number of carbonyl (C=O) groups is 2. The average Bonchev–Trinajstić information content (AvgIpc) is 2.74. The van der Waals surface area contributed by atoms with Crippen molar-refractivity contribution in [2.45, 2.75) is 21.8 Å². The van der Waals surface area contributed by atoms with Crippen molar-refractivity contribution in [1.82, 2.24) is 5.32 Å². The number of rotatable bonds is 8. The highest BCUT2D eigenvalue weighted by atomic mass is 35.5. The summed E-state index contributed by atoms with van der Waals surface area (Å²) in [5.74, 6) is -0.324. The quantitative estimate of drug-likeness (QED) is 0.267. The Morgan fingerprint density at radius 2 is 1.74 bits per heavy atom. The van der Waals surface area contributed by atoms with Gasteiger partial charge in [-0.15, -0.1) is 0 Å². The van der Waals surface area contributed by atoms with Crippen LogP contribution >= 0.6 is 24.2 Å². The van der Waals surface area contributed by atoms with Gasteiger partial charge in [-0.1, -0.05) is 76.0 Å². The number of thiol groups is 1. The molecule has 168 valence electrons. The van der Waals surface area contributed by atoms with E-state index in [9.17, 15) is 9.59 Å². The Morgan fingerprint density at radius 3 is 2.29 bits per heavy atom. The molecule has 0 fully saturated rings. The number of ether oxygens (including phenoxy) is 1. The molecule has 0 aliphatic heterocycles. The van der Waals surface area contributed by atoms with E-state index in [2.05, 4.69) is 31.1 Å². The number of carbonyl (C=O) groups excluding carboxylic acids is 2. The van der Waals surface area contributed by atoms with E-state index >= 15 is 0 Å². The molecule has 0 heterocycles. The number of benzene rings is 2. The highest BCUT2D eigenvalue weighted by Crippen LogP contribution is 2.25. The number of nitrogens with one attached hydrogen (secondary N) is 1. The standard InChI is InChI=1S/C22H20ClNO3.CH4S.2CH4/c1-4-8-19(15(2)3)24-21(25)14-27-20-12-11-17(23)13-18(20)22(26)16-9-6-5-7-10-16;1-2;;/h4-13H,1-2,14H2,3H3,(H,24,25);2H,1H3;2*1H4/b19-8+;;;. The molecule has 0 spiro atoms. The summed E-state index contributed by atoms with van der Waals surface area (Å²) in [5.41, 5.74) is 2.04. The third-order valence-corrected chi connectivity index (χ3v) is 3.83. The van der Waals surface area contributed by atoms with Gasteiger partial charge in [-0.25, -0.2) is 0 Å². The molecule has 0 unspecified atom stereocenters. The smallest absolute Gasteiger partial charge is 0.262 e. The summed E-state index contributed by atoms with van der Waals surface area (Å²) in [6.07, 6.45) is 4.90. The van der Waals surface area contributed by atoms with Crippen molar-refractivity contribution in [3.8, 4) is 5.75 Å². The third-order valence-electron chi connectivity index (χ3n) is 3.60. The lowest BCUT2D eigenvalue weighted by molar-refractivity contribution is -0.122. The van der Waals surface area contributed by atoms with Crippen LogP contribution in [0.4, 0.5) is 0 Å². The summed E-state index contributed by atoms with van der Waals surface area (Å²) in [6, 6.07) is 13.5. The highest BCUT2D eigenvalue weighted by molar-refractivity contribution is 7.79. The Labute approximate surface area is 197 Å². The molecule has 2 rings (SSSR count). The van der Waals surface area contributed by atoms with Crippen molar-refractivity contribution < 1.29 is 14.3 Å². The molecule has 4 nitrogen and oxygen atoms in total. The number of amides is 1. The van der Waals surface area contributed by atoms with Crippen molar-refractivity contribution in [2.24, 2.45) is 0 Å². The van der Waals surface area contributed by atoms with Gasteiger partial charge in [0.2, 0.25) is 0 Å². The van der Waals surface area contributed by atoms with Gasteiger partial charge in [-0.3, -0.25) is 9.59 Å². The van der Waals surface area contributed by atoms with Crippen LogP contribution in [0.2, 0.25) is 5.02 Å². The first-order chi connectivity index (χ1) is 13.9. The van der Waals surface area contributed by atoms with E-state index in [-0.39, 0.29) is 38.9 Å². The molecule has 0 aliphatic carbocycles. The van der Waals surface area contributed by atoms with E-state index in [0.29, 0.717) is 27.4 Å². The molecule has 31 heavy (non-hydrogen) atoms. The zero-order chi connectivity index (χ0) is 21.8. The number of allylic oxidation sites excluding steroid dienone is 3. The zero-order valence-electron chi connectivity index (χ0n) is 16.4. The molecule has 0 bridgehead atoms. The SMILES string of the molecule is C.C.C=C/C=C(/NC(=O)COc1ccc(Cl)cc1C(=O)c1ccccc1)C(=C)C.CS. The molecule has 1 amide bonds. The number of hydrogen-bond acceptors (Lipinski definition) is 4. The van der Waals surface area contributed by atoms with E-state index in [4.69, 9.17) is 16.3 Å². The fourth-order valence-electron chi connectivity index (χ4n) is 2.29. The molecular weight excluding hydrogens is 430 g/mol. The summed E-state index contributed by atoms with van der Waals surface area (Å²) < 4.78 is 5.58. The van der Waals surface area contributed by atoms with Crippen molar-refractivity contribution in [1.29, 1.82) is 0 Å². The lowest BCUT2D eigenvalue weighted by Crippen LogP contribution is -2.29. The molecule has 0 saturated carbocycles. The maximum atomic E-state index is 12.7. The van der Waals surface area contributed by atoms with Gasteiger partial charge in [-0.2, -0.15) is 12.6 Å². The van der Waals surface area contributed by atoms with E-state index < -0.39 is 0 Å². The lowest BCUT2D eigenvalue weighted by atomic mass is 10.0. The molecule has 6 heteroatoms. The van der Waals surface area contributed by atoms with Crippen molar-refractivity contribution in [3.05, 3.63) is 101 Å². The van der Waals surface area contributed by atoms with Gasteiger partial charge in [0.25, 0.3) is 5.91 Å². The Bertz CT molecular complexity index is 908. The minimum atomic E-state index is -0.376. The summed E-state index contributed by atoms with van der Waals surface area (Å²) in [6.45, 7) is 8.90. The fraction of sp³-hybridized carbons (Fsp3) is 0.200. The number of hydrogen-bond donors (Lipinski definition) is 2. The maximum Gasteiger partial charge on any atom is 0.262 e. The first kappa shape index (κ1) is 30.4. The molecule has 0 aromatic heterocycles. The maximum absolute atomic E-state index is 12.7. The van der Waals surface area contributed by atoms with Crippen LogP contribution in [0.25, 0.3) is 0 Å². The summed E-state index contributed by atoms with van der Waals surface area (Å²) in [4.78, 5) is 24.9. The predicted molar refractivity (Wildman–Crippen MR) is 136 cm³/mol. The topological polar surface area (TPSA) is 55.4 Å². The molecule has 1 N–H and O–H groups in total. The van der Waals surface area contributed by atoms with Gasteiger partial charge >= 0.3 is 0 Å². The second-order valence-electron chi connectivity index (χ2n) is 5.77. The summed E-state index contributed by atoms with van der Waals surface area (Å²) >= 11 is 9.56. The highest BCUT2D eigenvalue weighted by Gasteiger charge is 2.16. The van der Waals surface area contributed by atoms with Crippen molar-refractivity contribution in [3.63, 3.8) is 0 Å². The van der Waals surface area contributed by atoms with Crippen LogP contribution in [-0.4, -0.2) is 24.6 Å². The Balaban J connectivity index is 0. The normalized spacial score (nSPS) is 9.61. The van der Waals surface area contributed by atoms with Gasteiger partial charge in [-0.05, 0) is 43.0 Å². The van der Waals surface area contributed by atoms with Gasteiger partial charge < -0.3 is 10.1 Å². The van der Waals surface area contributed by atoms with Crippen molar-refractivity contribution in [2.75, 3.05) is 12.9 Å². The minimum Gasteiger partial charge on any atom is -0.483 e. The van der Waals surface area contributed by atoms with Gasteiger partial charge in [0, 0.05) is 16.3 Å². The van der Waals surface area contributed by atoms with Crippen LogP contribution in [0, 0.1) is 0 Å². The predicted octanol–water partition coefficient (Wildman–Crippen LogP) is 6.53. The van der Waals surface area contributed by atoms with E-state index in [0.717, 1.165) is 0 Å². The molecule has 0 saturated heterocycles. The summed E-state index contributed by atoms with van der Waals surface area (Å²) in [7, 11) is 0. The second kappa shape index (κ2) is 16.0. The minimum absolute atomic E-state index is 0. The van der Waals surface area contributed by atoms with Crippen LogP contribution in [0.3, 0.4) is 0 Å². The molecule has 2 aromatic carbocycles. The zero-order valence-corrected chi connectivity index (χ0v) is 18.1. The van der Waals surface area contributed by atoms with Crippen LogP contribution in [0.15, 0.2) is 85.1 Å². The van der Waals surface area contributed by atoms with Gasteiger partial charge in [0.1, 0.15) is 5.75 Å². The van der Waals surface area contributed by atoms with Gasteiger partial charge in [0.15, 0.2) is 12.4 Å². The number of ketones is 1. The largest absolute Gasteiger partial charge is 0.483 e. The van der Waals surface area contributed by atoms with Crippen LogP contribution in [0.1, 0.15) is 37.7 Å². The molecule has 2 aromatic rings. The molecule has 0 aliphatic rings. The monoisotopic (exact) mass is 461 g/mol. The summed E-state index contributed by atoms with van der Waals surface area (Å²) in [5, 5.41) is 3.10. The van der Waals surface area contributed by atoms with E-state index in [1.165, 1.54) is 6.07 Å². The van der Waals surface area contributed by atoms with E-state index in [1.54, 1.807) is 61.7 Å². The second-order valence-corrected chi connectivity index (χ2v) is 6.21. The Hall–Kier alpha value is -2.76. The number of halogens is 1. The average molecular weight is 462 g/mol. The van der Waals surface area contributed by atoms with Gasteiger partial charge in [0.05, 0.1) is 5.56 Å². The molecular formula is C25H32ClNO3S. The first-order valence-corrected chi connectivity index (χ1v) is 9.95. The molecule has 0 atom stereocenters. The fourth-order valence-corrected chi connectivity index (χ4v) is 2.46. The van der Waals surface area contributed by atoms with Crippen LogP contribution in [-0.2, 0) is 4.79 Å².